The Morgan fingerprint density at radius 3 is 2.77 bits per heavy atom. The molecule has 1 unspecified atom stereocenters. The minimum absolute atomic E-state index is 0.0616. The SMILES string of the molecule is CCOC(=O)C[C@@H](CCOc1ccc(Cl)cc1)C(=O)N[C@H]1CC2C=[N+](CCOCCNC1=O)c1ccccc12. The number of para-hydroxylation sites is 1. The van der Waals surface area contributed by atoms with Gasteiger partial charge in [-0.05, 0) is 44.0 Å². The zero-order chi connectivity index (χ0) is 27.6. The summed E-state index contributed by atoms with van der Waals surface area (Å²) >= 11 is 5.93. The molecule has 208 valence electrons. The van der Waals surface area contributed by atoms with Crippen molar-refractivity contribution in [1.29, 1.82) is 0 Å². The standard InChI is InChI=1S/C29H34ClN3O6/c1-2-38-27(34)18-20(11-14-39-23-9-7-22(30)8-10-23)28(35)32-25-17-21-19-33(26-6-4-3-5-24(21)26)13-16-37-15-12-31-29(25)36/h3-10,19-21,25H,2,11-18H2,1H3,(H-,31,32,35,36)/p+1/t20-,21?,25+/m1/s1. The number of fused-ring (bicyclic) bond motifs is 4. The molecule has 0 saturated heterocycles. The fraction of sp³-hybridized carbons (Fsp3) is 0.448. The normalized spacial score (nSPS) is 19.8. The average molecular weight is 557 g/mol. The molecular formula is C29H35ClN3O6+. The zero-order valence-electron chi connectivity index (χ0n) is 22.1. The van der Waals surface area contributed by atoms with Gasteiger partial charge in [-0.1, -0.05) is 29.8 Å². The third-order valence-corrected chi connectivity index (χ3v) is 7.04. The number of nitrogens with zero attached hydrogens (tertiary/aromatic N) is 1. The summed E-state index contributed by atoms with van der Waals surface area (Å²) in [6, 6.07) is 14.2. The summed E-state index contributed by atoms with van der Waals surface area (Å²) in [7, 11) is 0. The van der Waals surface area contributed by atoms with E-state index in [9.17, 15) is 14.4 Å². The molecule has 0 radical (unpaired) electrons. The number of nitrogens with one attached hydrogen (secondary N) is 2. The lowest BCUT2D eigenvalue weighted by atomic mass is 9.92. The van der Waals surface area contributed by atoms with Gasteiger partial charge >= 0.3 is 5.97 Å². The maximum absolute atomic E-state index is 13.5. The Kier molecular flexibility index (Phi) is 10.3. The number of esters is 1. The number of rotatable bonds is 9. The van der Waals surface area contributed by atoms with Crippen LogP contribution in [0.2, 0.25) is 5.02 Å². The van der Waals surface area contributed by atoms with Gasteiger partial charge in [-0.25, -0.2) is 0 Å². The van der Waals surface area contributed by atoms with Crippen LogP contribution >= 0.6 is 11.6 Å². The van der Waals surface area contributed by atoms with Crippen LogP contribution in [0.25, 0.3) is 0 Å². The van der Waals surface area contributed by atoms with Crippen molar-refractivity contribution in [2.45, 2.75) is 38.1 Å². The van der Waals surface area contributed by atoms with Crippen LogP contribution in [-0.4, -0.2) is 74.1 Å². The lowest BCUT2D eigenvalue weighted by molar-refractivity contribution is -0.437. The molecule has 2 N–H and O–H groups in total. The van der Waals surface area contributed by atoms with Crippen molar-refractivity contribution in [1.82, 2.24) is 10.6 Å². The second-order valence-electron chi connectivity index (χ2n) is 9.51. The molecule has 2 aliphatic rings. The maximum atomic E-state index is 13.5. The number of amides is 2. The van der Waals surface area contributed by atoms with Crippen molar-refractivity contribution >= 4 is 41.3 Å². The summed E-state index contributed by atoms with van der Waals surface area (Å²) in [5.74, 6) is -1.34. The van der Waals surface area contributed by atoms with Crippen LogP contribution in [0.1, 0.15) is 37.7 Å². The van der Waals surface area contributed by atoms with E-state index in [1.54, 1.807) is 31.2 Å². The van der Waals surface area contributed by atoms with Gasteiger partial charge in [0.1, 0.15) is 18.4 Å². The lowest BCUT2D eigenvalue weighted by Gasteiger charge is -2.23. The largest absolute Gasteiger partial charge is 0.494 e. The number of benzene rings is 2. The van der Waals surface area contributed by atoms with Gasteiger partial charge in [0.25, 0.3) is 0 Å². The second-order valence-corrected chi connectivity index (χ2v) is 9.94. The van der Waals surface area contributed by atoms with Crippen LogP contribution in [0.4, 0.5) is 5.69 Å². The third-order valence-electron chi connectivity index (χ3n) is 6.79. The van der Waals surface area contributed by atoms with Gasteiger partial charge in [0, 0.05) is 23.2 Å². The molecule has 39 heavy (non-hydrogen) atoms. The lowest BCUT2D eigenvalue weighted by Crippen LogP contribution is -2.50. The van der Waals surface area contributed by atoms with E-state index in [-0.39, 0.29) is 37.9 Å². The van der Waals surface area contributed by atoms with Gasteiger partial charge in [-0.3, -0.25) is 14.4 Å². The van der Waals surface area contributed by atoms with Crippen molar-refractivity contribution < 1.29 is 33.2 Å². The highest BCUT2D eigenvalue weighted by atomic mass is 35.5. The van der Waals surface area contributed by atoms with Crippen LogP contribution in [-0.2, 0) is 23.9 Å². The molecule has 3 atom stereocenters. The van der Waals surface area contributed by atoms with Crippen LogP contribution in [0.5, 0.6) is 5.75 Å². The van der Waals surface area contributed by atoms with Gasteiger partial charge in [0.05, 0.1) is 38.1 Å². The molecular weight excluding hydrogens is 522 g/mol. The van der Waals surface area contributed by atoms with Gasteiger partial charge < -0.3 is 24.8 Å². The number of carbonyl (C=O) groups excluding carboxylic acids is 3. The molecule has 2 aromatic carbocycles. The molecule has 0 aliphatic carbocycles. The number of halogens is 1. The predicted molar refractivity (Wildman–Crippen MR) is 147 cm³/mol. The number of hydrogen-bond acceptors (Lipinski definition) is 6. The summed E-state index contributed by atoms with van der Waals surface area (Å²) in [6.45, 7) is 4.09. The first-order valence-electron chi connectivity index (χ1n) is 13.3. The van der Waals surface area contributed by atoms with Gasteiger partial charge in [0.15, 0.2) is 12.8 Å². The fourth-order valence-corrected chi connectivity index (χ4v) is 4.96. The Morgan fingerprint density at radius 2 is 1.97 bits per heavy atom. The second kappa shape index (κ2) is 14.1. The van der Waals surface area contributed by atoms with E-state index in [1.165, 1.54) is 0 Å². The van der Waals surface area contributed by atoms with E-state index < -0.39 is 23.8 Å². The van der Waals surface area contributed by atoms with Crippen molar-refractivity contribution in [3.8, 4) is 5.75 Å². The quantitative estimate of drug-likeness (QED) is 0.363. The number of hydrogen-bond donors (Lipinski definition) is 2. The minimum atomic E-state index is -0.798. The van der Waals surface area contributed by atoms with E-state index in [4.69, 9.17) is 25.8 Å². The van der Waals surface area contributed by atoms with Crippen LogP contribution in [0.15, 0.2) is 48.5 Å². The van der Waals surface area contributed by atoms with E-state index in [0.717, 1.165) is 11.3 Å². The maximum Gasteiger partial charge on any atom is 0.306 e. The van der Waals surface area contributed by atoms with Gasteiger partial charge in [-0.15, -0.1) is 0 Å². The van der Waals surface area contributed by atoms with E-state index in [0.29, 0.717) is 43.5 Å². The molecule has 0 spiro atoms. The summed E-state index contributed by atoms with van der Waals surface area (Å²) in [6.07, 6.45) is 2.64. The average Bonchev–Trinajstić information content (AvgIpc) is 3.27. The first kappa shape index (κ1) is 28.6. The highest BCUT2D eigenvalue weighted by molar-refractivity contribution is 6.30. The predicted octanol–water partition coefficient (Wildman–Crippen LogP) is 3.21. The Labute approximate surface area is 233 Å². The molecule has 2 amide bonds. The molecule has 9 nitrogen and oxygen atoms in total. The molecule has 2 bridgehead atoms. The Hall–Kier alpha value is -3.43. The summed E-state index contributed by atoms with van der Waals surface area (Å²) in [4.78, 5) is 39.0. The Balaban J connectivity index is 1.48. The van der Waals surface area contributed by atoms with Crippen molar-refractivity contribution in [3.05, 3.63) is 59.1 Å². The zero-order valence-corrected chi connectivity index (χ0v) is 22.8. The fourth-order valence-electron chi connectivity index (χ4n) is 4.83. The smallest absolute Gasteiger partial charge is 0.306 e. The highest BCUT2D eigenvalue weighted by Crippen LogP contribution is 2.34. The minimum Gasteiger partial charge on any atom is -0.494 e. The van der Waals surface area contributed by atoms with Crippen LogP contribution < -0.4 is 15.4 Å². The van der Waals surface area contributed by atoms with Crippen LogP contribution in [0.3, 0.4) is 0 Å². The molecule has 2 heterocycles. The molecule has 2 aromatic rings. The van der Waals surface area contributed by atoms with Crippen molar-refractivity contribution in [2.75, 3.05) is 39.5 Å². The molecule has 10 heteroatoms. The molecule has 2 aliphatic heterocycles. The van der Waals surface area contributed by atoms with Gasteiger partial charge in [0.2, 0.25) is 17.5 Å². The Morgan fingerprint density at radius 1 is 1.18 bits per heavy atom. The number of carbonyl (C=O) groups is 3. The Bertz CT molecular complexity index is 1190. The summed E-state index contributed by atoms with van der Waals surface area (Å²) in [5.41, 5.74) is 2.18. The van der Waals surface area contributed by atoms with Crippen molar-refractivity contribution in [2.24, 2.45) is 5.92 Å². The van der Waals surface area contributed by atoms with Crippen LogP contribution in [0, 0.1) is 5.92 Å². The topological polar surface area (TPSA) is 106 Å². The molecule has 0 saturated carbocycles. The summed E-state index contributed by atoms with van der Waals surface area (Å²) in [5, 5.41) is 6.39. The van der Waals surface area contributed by atoms with Crippen molar-refractivity contribution in [3.63, 3.8) is 0 Å². The first-order valence-corrected chi connectivity index (χ1v) is 13.7. The van der Waals surface area contributed by atoms with E-state index in [2.05, 4.69) is 27.5 Å². The molecule has 0 aromatic heterocycles. The van der Waals surface area contributed by atoms with Gasteiger partial charge in [-0.2, -0.15) is 4.58 Å². The van der Waals surface area contributed by atoms with E-state index >= 15 is 0 Å². The first-order chi connectivity index (χ1) is 18.9. The third kappa shape index (κ3) is 8.03. The summed E-state index contributed by atoms with van der Waals surface area (Å²) < 4.78 is 18.7. The molecule has 0 fully saturated rings. The monoisotopic (exact) mass is 556 g/mol. The van der Waals surface area contributed by atoms with E-state index in [1.807, 2.05) is 18.2 Å². The highest BCUT2D eigenvalue weighted by Gasteiger charge is 2.36. The molecule has 4 rings (SSSR count). The number of ether oxygens (including phenoxy) is 3.